The Morgan fingerprint density at radius 1 is 1.14 bits per heavy atom. The molecular formula is C10H13F2NO. The quantitative estimate of drug-likeness (QED) is 0.770. The molecule has 0 atom stereocenters. The van der Waals surface area contributed by atoms with Crippen molar-refractivity contribution >= 4 is 0 Å². The molecular weight excluding hydrogens is 188 g/mol. The second kappa shape index (κ2) is 3.20. The fourth-order valence-electron chi connectivity index (χ4n) is 1.04. The van der Waals surface area contributed by atoms with E-state index in [0.29, 0.717) is 0 Å². The van der Waals surface area contributed by atoms with E-state index in [0.717, 1.165) is 0 Å². The average molecular weight is 201 g/mol. The second-order valence-electron chi connectivity index (χ2n) is 3.84. The maximum atomic E-state index is 13.6. The van der Waals surface area contributed by atoms with Crippen LogP contribution in [0.25, 0.3) is 0 Å². The maximum absolute atomic E-state index is 13.6. The number of halogens is 2. The maximum Gasteiger partial charge on any atom is 0.290 e. The summed E-state index contributed by atoms with van der Waals surface area (Å²) in [6.07, 6.45) is 0. The minimum atomic E-state index is -3.11. The highest BCUT2D eigenvalue weighted by atomic mass is 19.3. The molecule has 4 heteroatoms. The Bertz CT molecular complexity index is 314. The Labute approximate surface area is 81.4 Å². The minimum absolute atomic E-state index is 0.0422. The van der Waals surface area contributed by atoms with Gasteiger partial charge in [-0.1, -0.05) is 0 Å². The van der Waals surface area contributed by atoms with Gasteiger partial charge in [0.1, 0.15) is 5.75 Å². The number of hydrogen-bond acceptors (Lipinski definition) is 2. The van der Waals surface area contributed by atoms with Crippen molar-refractivity contribution in [2.24, 2.45) is 5.73 Å². The third kappa shape index (κ3) is 1.85. The molecule has 0 spiro atoms. The fourth-order valence-corrected chi connectivity index (χ4v) is 1.04. The molecule has 0 aromatic heterocycles. The van der Waals surface area contributed by atoms with E-state index in [4.69, 9.17) is 10.8 Å². The van der Waals surface area contributed by atoms with Gasteiger partial charge in [-0.05, 0) is 38.1 Å². The van der Waals surface area contributed by atoms with Crippen LogP contribution >= 0.6 is 0 Å². The van der Waals surface area contributed by atoms with Crippen LogP contribution < -0.4 is 5.73 Å². The molecule has 2 nitrogen and oxygen atoms in total. The zero-order chi connectivity index (χ0) is 11.0. The number of aromatic hydroxyl groups is 1. The van der Waals surface area contributed by atoms with Crippen LogP contribution in [-0.4, -0.2) is 10.6 Å². The van der Waals surface area contributed by atoms with Crippen LogP contribution in [0.2, 0.25) is 0 Å². The van der Waals surface area contributed by atoms with E-state index in [2.05, 4.69) is 0 Å². The summed E-state index contributed by atoms with van der Waals surface area (Å²) in [5.41, 5.74) is 3.56. The Kier molecular flexibility index (Phi) is 2.50. The van der Waals surface area contributed by atoms with E-state index in [9.17, 15) is 8.78 Å². The topological polar surface area (TPSA) is 46.2 Å². The number of alkyl halides is 2. The van der Waals surface area contributed by atoms with Gasteiger partial charge >= 0.3 is 0 Å². The van der Waals surface area contributed by atoms with E-state index in [1.54, 1.807) is 0 Å². The molecule has 0 aliphatic heterocycles. The molecule has 1 aromatic rings. The van der Waals surface area contributed by atoms with Gasteiger partial charge in [0.2, 0.25) is 0 Å². The number of rotatable bonds is 2. The molecule has 0 heterocycles. The molecule has 0 fully saturated rings. The van der Waals surface area contributed by atoms with Crippen LogP contribution in [0.15, 0.2) is 24.3 Å². The normalized spacial score (nSPS) is 12.9. The number of benzene rings is 1. The van der Waals surface area contributed by atoms with Crippen molar-refractivity contribution in [2.75, 3.05) is 0 Å². The van der Waals surface area contributed by atoms with E-state index >= 15 is 0 Å². The lowest BCUT2D eigenvalue weighted by Crippen LogP contribution is -2.48. The molecule has 78 valence electrons. The Morgan fingerprint density at radius 3 is 1.93 bits per heavy atom. The van der Waals surface area contributed by atoms with Crippen molar-refractivity contribution < 1.29 is 13.9 Å². The van der Waals surface area contributed by atoms with Gasteiger partial charge in [0, 0.05) is 5.56 Å². The van der Waals surface area contributed by atoms with Crippen molar-refractivity contribution in [3.8, 4) is 5.75 Å². The summed E-state index contributed by atoms with van der Waals surface area (Å²) < 4.78 is 27.2. The van der Waals surface area contributed by atoms with Crippen LogP contribution in [0.3, 0.4) is 0 Å². The molecule has 0 bridgehead atoms. The highest BCUT2D eigenvalue weighted by molar-refractivity contribution is 5.30. The summed E-state index contributed by atoms with van der Waals surface area (Å²) in [4.78, 5) is 0. The average Bonchev–Trinajstić information content (AvgIpc) is 2.03. The van der Waals surface area contributed by atoms with E-state index in [1.807, 2.05) is 0 Å². The number of phenols is 1. The second-order valence-corrected chi connectivity index (χ2v) is 3.84. The SMILES string of the molecule is CC(C)(N)C(F)(F)c1ccc(O)cc1. The van der Waals surface area contributed by atoms with Gasteiger partial charge in [0.15, 0.2) is 0 Å². The summed E-state index contributed by atoms with van der Waals surface area (Å²) >= 11 is 0. The zero-order valence-electron chi connectivity index (χ0n) is 8.09. The lowest BCUT2D eigenvalue weighted by atomic mass is 9.91. The Morgan fingerprint density at radius 2 is 1.57 bits per heavy atom. The largest absolute Gasteiger partial charge is 0.508 e. The van der Waals surface area contributed by atoms with Crippen LogP contribution in [0.5, 0.6) is 5.75 Å². The summed E-state index contributed by atoms with van der Waals surface area (Å²) in [5, 5.41) is 8.95. The Hall–Kier alpha value is -1.16. The van der Waals surface area contributed by atoms with E-state index in [1.165, 1.54) is 38.1 Å². The first-order valence-electron chi connectivity index (χ1n) is 4.21. The molecule has 14 heavy (non-hydrogen) atoms. The zero-order valence-corrected chi connectivity index (χ0v) is 8.09. The molecule has 0 unspecified atom stereocenters. The lowest BCUT2D eigenvalue weighted by Gasteiger charge is -2.30. The minimum Gasteiger partial charge on any atom is -0.508 e. The summed E-state index contributed by atoms with van der Waals surface area (Å²) in [6.45, 7) is 2.53. The van der Waals surface area contributed by atoms with Crippen molar-refractivity contribution in [1.82, 2.24) is 0 Å². The van der Waals surface area contributed by atoms with Gasteiger partial charge in [0.05, 0.1) is 5.54 Å². The smallest absolute Gasteiger partial charge is 0.290 e. The number of hydrogen-bond donors (Lipinski definition) is 2. The highest BCUT2D eigenvalue weighted by Crippen LogP contribution is 2.37. The van der Waals surface area contributed by atoms with Gasteiger partial charge in [-0.25, -0.2) is 0 Å². The molecule has 0 aliphatic rings. The van der Waals surface area contributed by atoms with Crippen LogP contribution in [0.4, 0.5) is 8.78 Å². The first kappa shape index (κ1) is 10.9. The molecule has 0 amide bonds. The molecule has 1 aromatic carbocycles. The van der Waals surface area contributed by atoms with Gasteiger partial charge in [-0.2, -0.15) is 8.78 Å². The van der Waals surface area contributed by atoms with Crippen molar-refractivity contribution in [2.45, 2.75) is 25.3 Å². The number of phenolic OH excluding ortho intramolecular Hbond substituents is 1. The number of nitrogens with two attached hydrogens (primary N) is 1. The van der Waals surface area contributed by atoms with Gasteiger partial charge in [-0.3, -0.25) is 0 Å². The third-order valence-corrected chi connectivity index (χ3v) is 2.04. The van der Waals surface area contributed by atoms with Gasteiger partial charge in [-0.15, -0.1) is 0 Å². The van der Waals surface area contributed by atoms with E-state index in [-0.39, 0.29) is 11.3 Å². The first-order chi connectivity index (χ1) is 6.25. The summed E-state index contributed by atoms with van der Waals surface area (Å²) in [5.74, 6) is -3.15. The molecule has 0 aliphatic carbocycles. The van der Waals surface area contributed by atoms with Crippen molar-refractivity contribution in [1.29, 1.82) is 0 Å². The third-order valence-electron chi connectivity index (χ3n) is 2.04. The van der Waals surface area contributed by atoms with Crippen LogP contribution in [-0.2, 0) is 5.92 Å². The fraction of sp³-hybridized carbons (Fsp3) is 0.400. The summed E-state index contributed by atoms with van der Waals surface area (Å²) in [7, 11) is 0. The lowest BCUT2D eigenvalue weighted by molar-refractivity contribution is -0.0672. The Balaban J connectivity index is 3.10. The van der Waals surface area contributed by atoms with Crippen molar-refractivity contribution in [3.63, 3.8) is 0 Å². The first-order valence-corrected chi connectivity index (χ1v) is 4.21. The van der Waals surface area contributed by atoms with Gasteiger partial charge in [0.25, 0.3) is 5.92 Å². The molecule has 0 saturated heterocycles. The van der Waals surface area contributed by atoms with Gasteiger partial charge < -0.3 is 10.8 Å². The van der Waals surface area contributed by atoms with Crippen LogP contribution in [0.1, 0.15) is 19.4 Å². The summed E-state index contributed by atoms with van der Waals surface area (Å²) in [6, 6.07) is 4.78. The monoisotopic (exact) mass is 201 g/mol. The van der Waals surface area contributed by atoms with E-state index < -0.39 is 11.5 Å². The predicted octanol–water partition coefficient (Wildman–Crippen LogP) is 2.22. The molecule has 0 saturated carbocycles. The standard InChI is InChI=1S/C10H13F2NO/c1-9(2,13)10(11,12)7-3-5-8(14)6-4-7/h3-6,14H,13H2,1-2H3. The van der Waals surface area contributed by atoms with Crippen molar-refractivity contribution in [3.05, 3.63) is 29.8 Å². The highest BCUT2D eigenvalue weighted by Gasteiger charge is 2.45. The molecule has 3 N–H and O–H groups in total. The predicted molar refractivity (Wildman–Crippen MR) is 50.3 cm³/mol. The molecule has 1 rings (SSSR count). The molecule has 0 radical (unpaired) electrons. The van der Waals surface area contributed by atoms with Crippen LogP contribution in [0, 0.1) is 0 Å².